The topological polar surface area (TPSA) is 49.8 Å². The fraction of sp³-hybridized carbons (Fsp3) is 0.611. The summed E-state index contributed by atoms with van der Waals surface area (Å²) in [6.07, 6.45) is 2.28. The molecule has 1 amide bonds. The first-order valence-corrected chi connectivity index (χ1v) is 8.22. The van der Waals surface area contributed by atoms with Crippen LogP contribution in [-0.4, -0.2) is 47.8 Å². The highest BCUT2D eigenvalue weighted by molar-refractivity contribution is 5.96. The minimum absolute atomic E-state index is 0.0466. The molecule has 2 fully saturated rings. The molecule has 0 spiro atoms. The van der Waals surface area contributed by atoms with Gasteiger partial charge < -0.3 is 14.7 Å². The number of benzene rings is 1. The summed E-state index contributed by atoms with van der Waals surface area (Å²) in [5.74, 6) is 0.145. The van der Waals surface area contributed by atoms with E-state index in [0.29, 0.717) is 19.6 Å². The SMILES string of the molecule is Cc1ccc(C)c(C(=O)N2CCC[C@@H]2[C@H]2COCC[C@H]2O)c1. The highest BCUT2D eigenvalue weighted by Crippen LogP contribution is 2.31. The standard InChI is InChI=1S/C18H25NO3/c1-12-5-6-13(2)14(10-12)18(21)19-8-3-4-16(19)15-11-22-9-7-17(15)20/h5-6,10,15-17,20H,3-4,7-9,11H2,1-2H3/t15-,16-,17-/m1/s1. The van der Waals surface area contributed by atoms with Gasteiger partial charge in [-0.15, -0.1) is 0 Å². The maximum Gasteiger partial charge on any atom is 0.254 e. The molecule has 0 aliphatic carbocycles. The van der Waals surface area contributed by atoms with Crippen LogP contribution in [-0.2, 0) is 4.74 Å². The molecular weight excluding hydrogens is 278 g/mol. The van der Waals surface area contributed by atoms with Crippen LogP contribution in [0, 0.1) is 19.8 Å². The summed E-state index contributed by atoms with van der Waals surface area (Å²) in [7, 11) is 0. The molecule has 0 saturated carbocycles. The Hall–Kier alpha value is -1.39. The first kappa shape index (κ1) is 15.5. The number of ether oxygens (including phenoxy) is 1. The van der Waals surface area contributed by atoms with Crippen molar-refractivity contribution in [3.05, 3.63) is 34.9 Å². The van der Waals surface area contributed by atoms with Crippen LogP contribution in [0.15, 0.2) is 18.2 Å². The predicted octanol–water partition coefficient (Wildman–Crippen LogP) is 2.31. The predicted molar refractivity (Wildman–Crippen MR) is 84.9 cm³/mol. The highest BCUT2D eigenvalue weighted by Gasteiger charge is 2.40. The van der Waals surface area contributed by atoms with Crippen LogP contribution < -0.4 is 0 Å². The summed E-state index contributed by atoms with van der Waals surface area (Å²) in [5.41, 5.74) is 2.91. The van der Waals surface area contributed by atoms with E-state index in [9.17, 15) is 9.90 Å². The van der Waals surface area contributed by atoms with E-state index >= 15 is 0 Å². The molecule has 3 atom stereocenters. The average molecular weight is 303 g/mol. The second-order valence-electron chi connectivity index (χ2n) is 6.62. The molecule has 22 heavy (non-hydrogen) atoms. The summed E-state index contributed by atoms with van der Waals surface area (Å²) in [6.45, 7) is 5.95. The molecule has 0 radical (unpaired) electrons. The van der Waals surface area contributed by atoms with Gasteiger partial charge in [0.25, 0.3) is 5.91 Å². The summed E-state index contributed by atoms with van der Waals surface area (Å²) in [5, 5.41) is 10.3. The maximum absolute atomic E-state index is 13.0. The second-order valence-corrected chi connectivity index (χ2v) is 6.62. The summed E-state index contributed by atoms with van der Waals surface area (Å²) in [6, 6.07) is 6.11. The fourth-order valence-electron chi connectivity index (χ4n) is 3.73. The summed E-state index contributed by atoms with van der Waals surface area (Å²) in [4.78, 5) is 14.9. The quantitative estimate of drug-likeness (QED) is 0.912. The summed E-state index contributed by atoms with van der Waals surface area (Å²) < 4.78 is 5.54. The van der Waals surface area contributed by atoms with E-state index in [4.69, 9.17) is 4.74 Å². The Morgan fingerprint density at radius 3 is 2.91 bits per heavy atom. The Bertz CT molecular complexity index is 557. The molecule has 1 aromatic carbocycles. The largest absolute Gasteiger partial charge is 0.393 e. The smallest absolute Gasteiger partial charge is 0.254 e. The van der Waals surface area contributed by atoms with Gasteiger partial charge in [0.05, 0.1) is 12.7 Å². The lowest BCUT2D eigenvalue weighted by Gasteiger charge is -2.37. The molecule has 2 aliphatic heterocycles. The molecule has 0 aromatic heterocycles. The average Bonchev–Trinajstić information content (AvgIpc) is 2.99. The van der Waals surface area contributed by atoms with Crippen molar-refractivity contribution in [2.24, 2.45) is 5.92 Å². The van der Waals surface area contributed by atoms with Gasteiger partial charge in [0.15, 0.2) is 0 Å². The third-order valence-electron chi connectivity index (χ3n) is 5.04. The van der Waals surface area contributed by atoms with Crippen molar-refractivity contribution in [2.75, 3.05) is 19.8 Å². The van der Waals surface area contributed by atoms with Crippen LogP contribution >= 0.6 is 0 Å². The van der Waals surface area contributed by atoms with Gasteiger partial charge in [0.2, 0.25) is 0 Å². The van der Waals surface area contributed by atoms with Crippen LogP contribution in [0.4, 0.5) is 0 Å². The van der Waals surface area contributed by atoms with Crippen molar-refractivity contribution in [3.63, 3.8) is 0 Å². The van der Waals surface area contributed by atoms with Gasteiger partial charge in [-0.2, -0.15) is 0 Å². The van der Waals surface area contributed by atoms with Crippen molar-refractivity contribution in [3.8, 4) is 0 Å². The summed E-state index contributed by atoms with van der Waals surface area (Å²) >= 11 is 0. The number of carbonyl (C=O) groups excluding carboxylic acids is 1. The van der Waals surface area contributed by atoms with Crippen LogP contribution in [0.2, 0.25) is 0 Å². The Labute approximate surface area is 132 Å². The van der Waals surface area contributed by atoms with Crippen LogP contribution in [0.3, 0.4) is 0 Å². The lowest BCUT2D eigenvalue weighted by molar-refractivity contribution is -0.0589. The van der Waals surface area contributed by atoms with E-state index in [1.165, 1.54) is 0 Å². The molecule has 3 rings (SSSR count). The minimum Gasteiger partial charge on any atom is -0.393 e. The van der Waals surface area contributed by atoms with E-state index in [1.54, 1.807) is 0 Å². The molecule has 0 bridgehead atoms. The number of hydrogen-bond donors (Lipinski definition) is 1. The van der Waals surface area contributed by atoms with E-state index in [1.807, 2.05) is 36.9 Å². The minimum atomic E-state index is -0.356. The van der Waals surface area contributed by atoms with Crippen molar-refractivity contribution >= 4 is 5.91 Å². The zero-order chi connectivity index (χ0) is 15.7. The Balaban J connectivity index is 1.83. The molecule has 1 N–H and O–H groups in total. The number of aliphatic hydroxyl groups excluding tert-OH is 1. The molecule has 1 aromatic rings. The number of rotatable bonds is 2. The molecule has 4 heteroatoms. The number of amides is 1. The van der Waals surface area contributed by atoms with E-state index in [-0.39, 0.29) is 24.0 Å². The van der Waals surface area contributed by atoms with Crippen molar-refractivity contribution < 1.29 is 14.6 Å². The van der Waals surface area contributed by atoms with Gasteiger partial charge in [-0.05, 0) is 44.7 Å². The lowest BCUT2D eigenvalue weighted by atomic mass is 9.89. The lowest BCUT2D eigenvalue weighted by Crippen LogP contribution is -2.48. The van der Waals surface area contributed by atoms with Crippen molar-refractivity contribution in [2.45, 2.75) is 45.3 Å². The molecule has 0 unspecified atom stereocenters. The number of carbonyl (C=O) groups is 1. The van der Waals surface area contributed by atoms with Crippen molar-refractivity contribution in [1.82, 2.24) is 4.90 Å². The first-order valence-electron chi connectivity index (χ1n) is 8.22. The zero-order valence-corrected chi connectivity index (χ0v) is 13.4. The van der Waals surface area contributed by atoms with E-state index in [2.05, 4.69) is 0 Å². The molecule has 2 heterocycles. The zero-order valence-electron chi connectivity index (χ0n) is 13.4. The Morgan fingerprint density at radius 1 is 1.32 bits per heavy atom. The molecule has 4 nitrogen and oxygen atoms in total. The molecule has 120 valence electrons. The first-order chi connectivity index (χ1) is 10.6. The Morgan fingerprint density at radius 2 is 2.14 bits per heavy atom. The number of hydrogen-bond acceptors (Lipinski definition) is 3. The fourth-order valence-corrected chi connectivity index (χ4v) is 3.73. The van der Waals surface area contributed by atoms with Gasteiger partial charge in [-0.25, -0.2) is 0 Å². The van der Waals surface area contributed by atoms with E-state index < -0.39 is 0 Å². The van der Waals surface area contributed by atoms with Crippen LogP contribution in [0.5, 0.6) is 0 Å². The highest BCUT2D eigenvalue weighted by atomic mass is 16.5. The number of likely N-dealkylation sites (tertiary alicyclic amines) is 1. The normalized spacial score (nSPS) is 28.9. The van der Waals surface area contributed by atoms with Gasteiger partial charge >= 0.3 is 0 Å². The molecule has 2 aliphatic rings. The van der Waals surface area contributed by atoms with Crippen molar-refractivity contribution in [1.29, 1.82) is 0 Å². The van der Waals surface area contributed by atoms with Crippen LogP contribution in [0.25, 0.3) is 0 Å². The van der Waals surface area contributed by atoms with Gasteiger partial charge in [-0.1, -0.05) is 17.7 Å². The monoisotopic (exact) mass is 303 g/mol. The third kappa shape index (κ3) is 2.90. The molecular formula is C18H25NO3. The van der Waals surface area contributed by atoms with Gasteiger partial charge in [-0.3, -0.25) is 4.79 Å². The number of aryl methyl sites for hydroxylation is 2. The number of aliphatic hydroxyl groups is 1. The van der Waals surface area contributed by atoms with Crippen LogP contribution in [0.1, 0.15) is 40.7 Å². The Kier molecular flexibility index (Phi) is 4.50. The van der Waals surface area contributed by atoms with E-state index in [0.717, 1.165) is 36.1 Å². The second kappa shape index (κ2) is 6.39. The number of nitrogens with zero attached hydrogens (tertiary/aromatic N) is 1. The third-order valence-corrected chi connectivity index (χ3v) is 5.04. The maximum atomic E-state index is 13.0. The van der Waals surface area contributed by atoms with Gasteiger partial charge in [0.1, 0.15) is 0 Å². The molecule has 2 saturated heterocycles. The van der Waals surface area contributed by atoms with Gasteiger partial charge in [0, 0.05) is 30.7 Å².